The topological polar surface area (TPSA) is 154 Å². The van der Waals surface area contributed by atoms with E-state index < -0.39 is 10.0 Å². The third-order valence-corrected chi connectivity index (χ3v) is 7.45. The second kappa shape index (κ2) is 8.13. The normalized spacial score (nSPS) is 19.3. The molecule has 1 unspecified atom stereocenters. The standard InChI is InChI=1S/C19H23N7O5S/c1-2-26-18-13(9-21-26)17(23-11-5-6-30-16(27)7-11)14(8-20-18)19-24-15(25-31-19)10-22-32(28,29)12-3-4-12/h8-9,11-12,22H,2-7,10H2,1H3,(H,20,23). The lowest BCUT2D eigenvalue weighted by molar-refractivity contribution is -0.147. The van der Waals surface area contributed by atoms with E-state index in [1.807, 2.05) is 6.92 Å². The Morgan fingerprint density at radius 1 is 1.25 bits per heavy atom. The van der Waals surface area contributed by atoms with Crippen LogP contribution in [0.5, 0.6) is 0 Å². The third kappa shape index (κ3) is 4.05. The zero-order valence-electron chi connectivity index (χ0n) is 17.4. The number of fused-ring (bicyclic) bond motifs is 1. The monoisotopic (exact) mass is 461 g/mol. The summed E-state index contributed by atoms with van der Waals surface area (Å²) in [6.07, 6.45) is 5.57. The molecular formula is C19H23N7O5S. The van der Waals surface area contributed by atoms with Gasteiger partial charge in [-0.3, -0.25) is 4.79 Å². The van der Waals surface area contributed by atoms with Gasteiger partial charge in [0.15, 0.2) is 11.5 Å². The highest BCUT2D eigenvalue weighted by molar-refractivity contribution is 7.90. The number of carbonyl (C=O) groups excluding carboxylic acids is 1. The Morgan fingerprint density at radius 3 is 2.84 bits per heavy atom. The molecule has 2 N–H and O–H groups in total. The van der Waals surface area contributed by atoms with Crippen LogP contribution in [-0.4, -0.2) is 57.2 Å². The lowest BCUT2D eigenvalue weighted by atomic mass is 10.1. The first kappa shape index (κ1) is 20.8. The largest absolute Gasteiger partial charge is 0.466 e. The lowest BCUT2D eigenvalue weighted by Gasteiger charge is -2.24. The van der Waals surface area contributed by atoms with Crippen molar-refractivity contribution in [2.24, 2.45) is 0 Å². The molecule has 1 saturated carbocycles. The third-order valence-electron chi connectivity index (χ3n) is 5.55. The first-order valence-electron chi connectivity index (χ1n) is 10.5. The molecular weight excluding hydrogens is 438 g/mol. The van der Waals surface area contributed by atoms with Crippen LogP contribution in [-0.2, 0) is 32.6 Å². The van der Waals surface area contributed by atoms with E-state index in [2.05, 4.69) is 30.3 Å². The Bertz CT molecular complexity index is 1260. The SMILES string of the molecule is CCn1ncc2c(NC3CCOC(=O)C3)c(-c3nc(CNS(=O)(=O)C4CC4)no3)cnc21. The molecule has 4 heterocycles. The van der Waals surface area contributed by atoms with Crippen molar-refractivity contribution in [3.8, 4) is 11.5 Å². The second-order valence-electron chi connectivity index (χ2n) is 7.88. The molecule has 1 saturated heterocycles. The summed E-state index contributed by atoms with van der Waals surface area (Å²) in [5.74, 6) is 0.166. The van der Waals surface area contributed by atoms with Crippen molar-refractivity contribution >= 4 is 32.7 Å². The van der Waals surface area contributed by atoms with Gasteiger partial charge in [0.05, 0.1) is 47.7 Å². The van der Waals surface area contributed by atoms with Gasteiger partial charge < -0.3 is 14.6 Å². The fourth-order valence-electron chi connectivity index (χ4n) is 3.68. The minimum Gasteiger partial charge on any atom is -0.466 e. The molecule has 12 nitrogen and oxygen atoms in total. The summed E-state index contributed by atoms with van der Waals surface area (Å²) in [4.78, 5) is 20.6. The van der Waals surface area contributed by atoms with E-state index in [-0.39, 0.29) is 41.9 Å². The summed E-state index contributed by atoms with van der Waals surface area (Å²) >= 11 is 0. The van der Waals surface area contributed by atoms with E-state index >= 15 is 0 Å². The van der Waals surface area contributed by atoms with Crippen LogP contribution in [0.4, 0.5) is 5.69 Å². The van der Waals surface area contributed by atoms with Gasteiger partial charge >= 0.3 is 5.97 Å². The highest BCUT2D eigenvalue weighted by Gasteiger charge is 2.35. The van der Waals surface area contributed by atoms with Crippen molar-refractivity contribution in [1.82, 2.24) is 29.6 Å². The number of cyclic esters (lactones) is 1. The van der Waals surface area contributed by atoms with Gasteiger partial charge in [0.1, 0.15) is 0 Å². The number of hydrogen-bond donors (Lipinski definition) is 2. The average molecular weight is 462 g/mol. The summed E-state index contributed by atoms with van der Waals surface area (Å²) in [6, 6.07) is -0.127. The molecule has 32 heavy (non-hydrogen) atoms. The second-order valence-corrected chi connectivity index (χ2v) is 9.93. The van der Waals surface area contributed by atoms with Crippen molar-refractivity contribution < 1.29 is 22.5 Å². The maximum Gasteiger partial charge on any atom is 0.307 e. The van der Waals surface area contributed by atoms with Crippen molar-refractivity contribution in [2.45, 2.75) is 57.0 Å². The maximum atomic E-state index is 12.1. The first-order chi connectivity index (χ1) is 15.4. The Hall–Kier alpha value is -3.06. The van der Waals surface area contributed by atoms with Gasteiger partial charge in [-0.15, -0.1) is 0 Å². The van der Waals surface area contributed by atoms with Crippen LogP contribution in [0.1, 0.15) is 38.4 Å². The van der Waals surface area contributed by atoms with Crippen molar-refractivity contribution in [1.29, 1.82) is 0 Å². The van der Waals surface area contributed by atoms with E-state index in [9.17, 15) is 13.2 Å². The molecule has 2 fully saturated rings. The molecule has 0 spiro atoms. The predicted octanol–water partition coefficient (Wildman–Crippen LogP) is 1.20. The number of hydrogen-bond acceptors (Lipinski definition) is 10. The van der Waals surface area contributed by atoms with Gasteiger partial charge in [-0.2, -0.15) is 10.1 Å². The van der Waals surface area contributed by atoms with Crippen LogP contribution >= 0.6 is 0 Å². The molecule has 1 aliphatic heterocycles. The van der Waals surface area contributed by atoms with Gasteiger partial charge in [0.2, 0.25) is 10.0 Å². The van der Waals surface area contributed by atoms with Gasteiger partial charge in [-0.25, -0.2) is 22.8 Å². The van der Waals surface area contributed by atoms with E-state index in [1.54, 1.807) is 17.1 Å². The fraction of sp³-hybridized carbons (Fsp3) is 0.526. The summed E-state index contributed by atoms with van der Waals surface area (Å²) in [7, 11) is -3.35. The van der Waals surface area contributed by atoms with Crippen molar-refractivity contribution in [3.63, 3.8) is 0 Å². The van der Waals surface area contributed by atoms with Crippen LogP contribution in [0.3, 0.4) is 0 Å². The number of nitrogens with zero attached hydrogens (tertiary/aromatic N) is 5. The summed E-state index contributed by atoms with van der Waals surface area (Å²) in [6.45, 7) is 2.92. The Balaban J connectivity index is 1.46. The molecule has 3 aromatic rings. The van der Waals surface area contributed by atoms with Crippen molar-refractivity contribution in [3.05, 3.63) is 18.2 Å². The minimum absolute atomic E-state index is 0.0526. The fourth-order valence-corrected chi connectivity index (χ4v) is 5.00. The number of anilines is 1. The smallest absolute Gasteiger partial charge is 0.307 e. The number of nitrogens with one attached hydrogen (secondary N) is 2. The number of rotatable bonds is 8. The minimum atomic E-state index is -3.35. The molecule has 1 aliphatic carbocycles. The number of sulfonamides is 1. The van der Waals surface area contributed by atoms with E-state index in [4.69, 9.17) is 9.26 Å². The molecule has 0 radical (unpaired) electrons. The number of aryl methyl sites for hydroxylation is 1. The number of aromatic nitrogens is 5. The number of carbonyl (C=O) groups is 1. The predicted molar refractivity (Wildman–Crippen MR) is 113 cm³/mol. The molecule has 0 aromatic carbocycles. The molecule has 2 aliphatic rings. The molecule has 1 atom stereocenters. The molecule has 170 valence electrons. The van der Waals surface area contributed by atoms with Gasteiger partial charge in [0.25, 0.3) is 5.89 Å². The summed E-state index contributed by atoms with van der Waals surface area (Å²) in [5.41, 5.74) is 1.92. The molecule has 13 heteroatoms. The van der Waals surface area contributed by atoms with Crippen LogP contribution < -0.4 is 10.0 Å². The summed E-state index contributed by atoms with van der Waals surface area (Å²) in [5, 5.41) is 12.1. The molecule has 5 rings (SSSR count). The Kier molecular flexibility index (Phi) is 5.29. The average Bonchev–Trinajstić information content (AvgIpc) is 3.40. The lowest BCUT2D eigenvalue weighted by Crippen LogP contribution is -2.31. The van der Waals surface area contributed by atoms with Crippen LogP contribution in [0, 0.1) is 0 Å². The Morgan fingerprint density at radius 2 is 2.09 bits per heavy atom. The zero-order valence-corrected chi connectivity index (χ0v) is 18.3. The Labute approximate surface area is 183 Å². The highest BCUT2D eigenvalue weighted by Crippen LogP contribution is 2.34. The number of esters is 1. The maximum absolute atomic E-state index is 12.1. The highest BCUT2D eigenvalue weighted by atomic mass is 32.2. The first-order valence-corrected chi connectivity index (χ1v) is 12.1. The van der Waals surface area contributed by atoms with E-state index in [0.717, 1.165) is 5.39 Å². The molecule has 0 bridgehead atoms. The van der Waals surface area contributed by atoms with E-state index in [0.29, 0.717) is 49.3 Å². The van der Waals surface area contributed by atoms with Gasteiger partial charge in [-0.1, -0.05) is 5.16 Å². The van der Waals surface area contributed by atoms with E-state index in [1.165, 1.54) is 0 Å². The van der Waals surface area contributed by atoms with Crippen LogP contribution in [0.2, 0.25) is 0 Å². The van der Waals surface area contributed by atoms with Crippen LogP contribution in [0.25, 0.3) is 22.5 Å². The number of pyridine rings is 1. The van der Waals surface area contributed by atoms with Crippen LogP contribution in [0.15, 0.2) is 16.9 Å². The zero-order chi connectivity index (χ0) is 22.3. The molecule has 3 aromatic heterocycles. The molecule has 0 amide bonds. The van der Waals surface area contributed by atoms with Gasteiger partial charge in [0, 0.05) is 25.2 Å². The van der Waals surface area contributed by atoms with Gasteiger partial charge in [-0.05, 0) is 19.8 Å². The number of ether oxygens (including phenoxy) is 1. The quantitative estimate of drug-likeness (QED) is 0.468. The van der Waals surface area contributed by atoms with Crippen molar-refractivity contribution in [2.75, 3.05) is 11.9 Å². The summed E-state index contributed by atoms with van der Waals surface area (Å²) < 4.78 is 38.9.